The van der Waals surface area contributed by atoms with Crippen LogP contribution in [0.15, 0.2) is 96.9 Å². The van der Waals surface area contributed by atoms with Gasteiger partial charge in [0.15, 0.2) is 5.88 Å². The number of likely N-dealkylation sites (N-methyl/N-ethyl adjacent to an activating group) is 1. The highest BCUT2D eigenvalue weighted by atomic mass is 16.3. The van der Waals surface area contributed by atoms with Gasteiger partial charge in [-0.25, -0.2) is 0 Å². The largest absolute Gasteiger partial charge is 0.494 e. The van der Waals surface area contributed by atoms with Crippen LogP contribution in [0.5, 0.6) is 0 Å². The molecule has 3 aromatic carbocycles. The van der Waals surface area contributed by atoms with Gasteiger partial charge in [0.1, 0.15) is 0 Å². The molecule has 0 bridgehead atoms. The average molecular weight is 441 g/mol. The fourth-order valence-electron chi connectivity index (χ4n) is 4.91. The van der Waals surface area contributed by atoms with E-state index in [0.29, 0.717) is 18.0 Å². The lowest BCUT2D eigenvalue weighted by atomic mass is 9.98. The molecule has 4 rings (SSSR count). The molecule has 3 nitrogen and oxygen atoms in total. The second-order valence-corrected chi connectivity index (χ2v) is 9.24. The van der Waals surface area contributed by atoms with Crippen molar-refractivity contribution in [3.63, 3.8) is 0 Å². The van der Waals surface area contributed by atoms with Crippen LogP contribution in [-0.4, -0.2) is 47.1 Å². The number of aliphatic hydroxyl groups is 1. The molecule has 33 heavy (non-hydrogen) atoms. The lowest BCUT2D eigenvalue weighted by Gasteiger charge is -2.27. The fraction of sp³-hybridized carbons (Fsp3) is 0.333. The monoisotopic (exact) mass is 440 g/mol. The van der Waals surface area contributed by atoms with Gasteiger partial charge in [0.05, 0.1) is 0 Å². The van der Waals surface area contributed by atoms with Crippen molar-refractivity contribution < 1.29 is 5.11 Å². The Morgan fingerprint density at radius 1 is 0.848 bits per heavy atom. The Bertz CT molecular complexity index is 975. The minimum Gasteiger partial charge on any atom is -0.494 e. The Morgan fingerprint density at radius 2 is 1.39 bits per heavy atom. The molecule has 0 unspecified atom stereocenters. The number of benzene rings is 3. The molecule has 1 N–H and O–H groups in total. The first kappa shape index (κ1) is 23.1. The summed E-state index contributed by atoms with van der Waals surface area (Å²) in [5.74, 6) is 0.389. The molecule has 2 atom stereocenters. The average Bonchev–Trinajstić information content (AvgIpc) is 3.25. The molecular formula is C30H36N2O. The van der Waals surface area contributed by atoms with E-state index in [9.17, 15) is 5.11 Å². The molecule has 1 fully saturated rings. The molecule has 0 spiro atoms. The second kappa shape index (κ2) is 11.2. The van der Waals surface area contributed by atoms with E-state index in [1.54, 1.807) is 0 Å². The van der Waals surface area contributed by atoms with E-state index >= 15 is 0 Å². The third-order valence-corrected chi connectivity index (χ3v) is 6.87. The summed E-state index contributed by atoms with van der Waals surface area (Å²) in [6, 6.07) is 32.0. The molecule has 0 aromatic heterocycles. The molecule has 1 aliphatic rings. The van der Waals surface area contributed by atoms with Crippen molar-refractivity contribution >= 4 is 5.57 Å². The van der Waals surface area contributed by atoms with Gasteiger partial charge in [0.25, 0.3) is 0 Å². The number of hydrogen-bond acceptors (Lipinski definition) is 3. The maximum atomic E-state index is 11.5. The van der Waals surface area contributed by atoms with Gasteiger partial charge in [-0.05, 0) is 62.9 Å². The molecular weight excluding hydrogens is 404 g/mol. The van der Waals surface area contributed by atoms with Gasteiger partial charge in [0, 0.05) is 24.2 Å². The molecule has 1 saturated heterocycles. The third kappa shape index (κ3) is 5.85. The van der Waals surface area contributed by atoms with Gasteiger partial charge in [-0.15, -0.1) is 0 Å². The van der Waals surface area contributed by atoms with E-state index in [1.807, 2.05) is 36.4 Å². The van der Waals surface area contributed by atoms with Crippen molar-refractivity contribution in [1.29, 1.82) is 0 Å². The molecule has 1 aliphatic heterocycles. The SMILES string of the molecule is C[C@@H]1C[C@H](N(C)CCCCc2ccccc2)CN1C(O)=C(c1ccccc1)c1ccccc1. The lowest BCUT2D eigenvalue weighted by molar-refractivity contribution is 0.184. The van der Waals surface area contributed by atoms with Crippen molar-refractivity contribution in [2.75, 3.05) is 20.1 Å². The van der Waals surface area contributed by atoms with Crippen LogP contribution in [0.1, 0.15) is 42.9 Å². The summed E-state index contributed by atoms with van der Waals surface area (Å²) < 4.78 is 0. The number of aliphatic hydroxyl groups excluding tert-OH is 1. The van der Waals surface area contributed by atoms with E-state index < -0.39 is 0 Å². The highest BCUT2D eigenvalue weighted by Crippen LogP contribution is 2.32. The minimum absolute atomic E-state index is 0.296. The number of nitrogens with zero attached hydrogens (tertiary/aromatic N) is 2. The Morgan fingerprint density at radius 3 is 1.97 bits per heavy atom. The van der Waals surface area contributed by atoms with Gasteiger partial charge >= 0.3 is 0 Å². The number of unbranched alkanes of at least 4 members (excludes halogenated alkanes) is 1. The Labute approximate surface area is 199 Å². The van der Waals surface area contributed by atoms with Gasteiger partial charge in [0.2, 0.25) is 0 Å². The van der Waals surface area contributed by atoms with E-state index in [1.165, 1.54) is 18.4 Å². The summed E-state index contributed by atoms with van der Waals surface area (Å²) in [5, 5.41) is 11.5. The predicted octanol–water partition coefficient (Wildman–Crippen LogP) is 6.38. The third-order valence-electron chi connectivity index (χ3n) is 6.87. The van der Waals surface area contributed by atoms with E-state index in [4.69, 9.17) is 0 Å². The zero-order valence-electron chi connectivity index (χ0n) is 19.9. The summed E-state index contributed by atoms with van der Waals surface area (Å²) in [6.07, 6.45) is 4.61. The molecule has 0 aliphatic carbocycles. The van der Waals surface area contributed by atoms with Crippen molar-refractivity contribution in [2.24, 2.45) is 0 Å². The van der Waals surface area contributed by atoms with E-state index in [0.717, 1.165) is 42.6 Å². The molecule has 0 amide bonds. The smallest absolute Gasteiger partial charge is 0.195 e. The normalized spacial score (nSPS) is 18.0. The molecule has 0 saturated carbocycles. The molecule has 3 aromatic rings. The van der Waals surface area contributed by atoms with Gasteiger partial charge in [-0.3, -0.25) is 0 Å². The fourth-order valence-corrected chi connectivity index (χ4v) is 4.91. The van der Waals surface area contributed by atoms with Gasteiger partial charge in [-0.1, -0.05) is 91.0 Å². The molecule has 1 heterocycles. The van der Waals surface area contributed by atoms with Crippen LogP contribution in [0.3, 0.4) is 0 Å². The van der Waals surface area contributed by atoms with Crippen LogP contribution in [0.25, 0.3) is 5.57 Å². The summed E-state index contributed by atoms with van der Waals surface area (Å²) >= 11 is 0. The highest BCUT2D eigenvalue weighted by molar-refractivity contribution is 5.80. The van der Waals surface area contributed by atoms with E-state index in [2.05, 4.69) is 78.4 Å². The number of hydrogen-bond donors (Lipinski definition) is 1. The second-order valence-electron chi connectivity index (χ2n) is 9.24. The van der Waals surface area contributed by atoms with Gasteiger partial charge in [-0.2, -0.15) is 0 Å². The van der Waals surface area contributed by atoms with Crippen LogP contribution in [0, 0.1) is 0 Å². The summed E-state index contributed by atoms with van der Waals surface area (Å²) in [5.41, 5.74) is 4.43. The van der Waals surface area contributed by atoms with Crippen molar-refractivity contribution in [2.45, 2.75) is 44.7 Å². The Kier molecular flexibility index (Phi) is 7.85. The van der Waals surface area contributed by atoms with Crippen LogP contribution in [-0.2, 0) is 6.42 Å². The number of rotatable bonds is 9. The standard InChI is InChI=1S/C30H36N2O/c1-24-22-28(31(2)21-13-12-16-25-14-6-3-7-15-25)23-32(24)30(33)29(26-17-8-4-9-18-26)27-19-10-5-11-20-27/h3-11,14-15,17-20,24,28,33H,12-13,16,21-23H2,1-2H3/t24-,28+/m1/s1. The number of likely N-dealkylation sites (tertiary alicyclic amines) is 1. The lowest BCUT2D eigenvalue weighted by Crippen LogP contribution is -2.35. The Balaban J connectivity index is 1.43. The van der Waals surface area contributed by atoms with Crippen molar-refractivity contribution in [3.8, 4) is 0 Å². The first-order valence-electron chi connectivity index (χ1n) is 12.2. The minimum atomic E-state index is 0.296. The molecule has 0 radical (unpaired) electrons. The van der Waals surface area contributed by atoms with Crippen LogP contribution in [0.2, 0.25) is 0 Å². The predicted molar refractivity (Wildman–Crippen MR) is 138 cm³/mol. The molecule has 3 heteroatoms. The first-order chi connectivity index (χ1) is 16.1. The van der Waals surface area contributed by atoms with Crippen molar-refractivity contribution in [3.05, 3.63) is 114 Å². The zero-order valence-corrected chi connectivity index (χ0v) is 19.9. The van der Waals surface area contributed by atoms with E-state index in [-0.39, 0.29) is 0 Å². The Hall–Kier alpha value is -3.04. The highest BCUT2D eigenvalue weighted by Gasteiger charge is 2.34. The van der Waals surface area contributed by atoms with Crippen LogP contribution in [0.4, 0.5) is 0 Å². The maximum Gasteiger partial charge on any atom is 0.195 e. The summed E-state index contributed by atoms with van der Waals surface area (Å²) in [7, 11) is 2.24. The van der Waals surface area contributed by atoms with Crippen molar-refractivity contribution in [1.82, 2.24) is 9.80 Å². The first-order valence-corrected chi connectivity index (χ1v) is 12.2. The van der Waals surface area contributed by atoms with Crippen LogP contribution >= 0.6 is 0 Å². The quantitative estimate of drug-likeness (QED) is 0.309. The zero-order chi connectivity index (χ0) is 23.0. The van der Waals surface area contributed by atoms with Crippen LogP contribution < -0.4 is 0 Å². The van der Waals surface area contributed by atoms with Gasteiger partial charge < -0.3 is 14.9 Å². The molecule has 172 valence electrons. The topological polar surface area (TPSA) is 26.7 Å². The number of aryl methyl sites for hydroxylation is 1. The summed E-state index contributed by atoms with van der Waals surface area (Å²) in [6.45, 7) is 4.17. The maximum absolute atomic E-state index is 11.5. The summed E-state index contributed by atoms with van der Waals surface area (Å²) in [4.78, 5) is 4.68.